The summed E-state index contributed by atoms with van der Waals surface area (Å²) >= 11 is 0. The van der Waals surface area contributed by atoms with Gasteiger partial charge in [-0.3, -0.25) is 25.2 Å². The molecule has 1 heterocycles. The molecule has 0 saturated heterocycles. The molecule has 0 aliphatic heterocycles. The van der Waals surface area contributed by atoms with Crippen LogP contribution in [-0.2, 0) is 16.0 Å². The molecule has 4 rings (SSSR count). The lowest BCUT2D eigenvalue weighted by Gasteiger charge is -2.09. The second-order valence-corrected chi connectivity index (χ2v) is 8.30. The molecule has 0 aliphatic rings. The summed E-state index contributed by atoms with van der Waals surface area (Å²) in [6.07, 6.45) is 2.46. The highest BCUT2D eigenvalue weighted by molar-refractivity contribution is 6.00. The third-order valence-electron chi connectivity index (χ3n) is 5.55. The van der Waals surface area contributed by atoms with Gasteiger partial charge in [0.2, 0.25) is 5.91 Å². The minimum Gasteiger partial charge on any atom is -0.347 e. The lowest BCUT2D eigenvalue weighted by molar-refractivity contribution is -0.126. The molecule has 3 aromatic carbocycles. The second-order valence-electron chi connectivity index (χ2n) is 8.30. The number of para-hydroxylation sites is 1. The Labute approximate surface area is 209 Å². The number of carbonyl (C=O) groups excluding carboxylic acids is 3. The normalized spacial score (nSPS) is 10.5. The number of carbonyl (C=O) groups is 3. The monoisotopic (exact) mass is 481 g/mol. The highest BCUT2D eigenvalue weighted by atomic mass is 16.2. The quantitative estimate of drug-likeness (QED) is 0.336. The van der Waals surface area contributed by atoms with Crippen LogP contribution in [0.15, 0.2) is 91.1 Å². The van der Waals surface area contributed by atoms with E-state index in [9.17, 15) is 14.4 Å². The van der Waals surface area contributed by atoms with Crippen LogP contribution >= 0.6 is 0 Å². The van der Waals surface area contributed by atoms with Crippen LogP contribution in [0.3, 0.4) is 0 Å². The molecule has 0 spiro atoms. The molecule has 0 atom stereocenters. The van der Waals surface area contributed by atoms with Crippen molar-refractivity contribution in [2.75, 3.05) is 6.54 Å². The molecule has 0 unspecified atom stereocenters. The molecular formula is C28H27N5O3. The minimum absolute atomic E-state index is 0.243. The number of rotatable bonds is 8. The van der Waals surface area contributed by atoms with E-state index in [2.05, 4.69) is 21.3 Å². The third-order valence-corrected chi connectivity index (χ3v) is 5.55. The first-order valence-corrected chi connectivity index (χ1v) is 11.6. The Bertz CT molecular complexity index is 1330. The van der Waals surface area contributed by atoms with Gasteiger partial charge in [-0.25, -0.2) is 4.68 Å². The Kier molecular flexibility index (Phi) is 7.87. The second kappa shape index (κ2) is 11.6. The van der Waals surface area contributed by atoms with Crippen molar-refractivity contribution in [1.82, 2.24) is 25.9 Å². The highest BCUT2D eigenvalue weighted by Gasteiger charge is 2.19. The van der Waals surface area contributed by atoms with Crippen LogP contribution in [0.5, 0.6) is 0 Å². The molecule has 1 aromatic heterocycles. The smallest absolute Gasteiger partial charge is 0.273 e. The number of nitrogens with zero attached hydrogens (tertiary/aromatic N) is 2. The molecule has 0 radical (unpaired) electrons. The van der Waals surface area contributed by atoms with E-state index in [1.807, 2.05) is 91.9 Å². The molecule has 0 saturated carbocycles. The van der Waals surface area contributed by atoms with Crippen LogP contribution in [0, 0.1) is 6.92 Å². The Morgan fingerprint density at radius 3 is 2.17 bits per heavy atom. The first-order chi connectivity index (χ1) is 17.5. The Morgan fingerprint density at radius 2 is 1.47 bits per heavy atom. The van der Waals surface area contributed by atoms with Gasteiger partial charge in [-0.1, -0.05) is 78.4 Å². The van der Waals surface area contributed by atoms with Crippen molar-refractivity contribution in [3.8, 4) is 16.9 Å². The fourth-order valence-corrected chi connectivity index (χ4v) is 3.58. The Balaban J connectivity index is 1.33. The molecule has 0 fully saturated rings. The fraction of sp³-hybridized carbons (Fsp3) is 0.143. The van der Waals surface area contributed by atoms with Crippen molar-refractivity contribution in [3.63, 3.8) is 0 Å². The van der Waals surface area contributed by atoms with Gasteiger partial charge in [0.15, 0.2) is 0 Å². The zero-order valence-corrected chi connectivity index (χ0v) is 19.9. The maximum absolute atomic E-state index is 12.9. The van der Waals surface area contributed by atoms with Gasteiger partial charge in [-0.2, -0.15) is 5.10 Å². The van der Waals surface area contributed by atoms with Gasteiger partial charge in [0.05, 0.1) is 17.8 Å². The average molecular weight is 482 g/mol. The predicted octanol–water partition coefficient (Wildman–Crippen LogP) is 3.36. The summed E-state index contributed by atoms with van der Waals surface area (Å²) in [6.45, 7) is 1.76. The number of aryl methyl sites for hydroxylation is 2. The van der Waals surface area contributed by atoms with Gasteiger partial charge in [-0.15, -0.1) is 0 Å². The van der Waals surface area contributed by atoms with E-state index in [0.717, 1.165) is 22.4 Å². The number of hydrazine groups is 1. The third kappa shape index (κ3) is 6.44. The molecule has 8 heteroatoms. The molecule has 4 aromatic rings. The van der Waals surface area contributed by atoms with Crippen molar-refractivity contribution in [1.29, 1.82) is 0 Å². The summed E-state index contributed by atoms with van der Waals surface area (Å²) < 4.78 is 1.62. The van der Waals surface area contributed by atoms with Gasteiger partial charge in [0, 0.05) is 18.2 Å². The largest absolute Gasteiger partial charge is 0.347 e. The number of hydrogen-bond acceptors (Lipinski definition) is 4. The van der Waals surface area contributed by atoms with Gasteiger partial charge in [0.25, 0.3) is 11.8 Å². The molecule has 36 heavy (non-hydrogen) atoms. The first-order valence-electron chi connectivity index (χ1n) is 11.6. The zero-order valence-electron chi connectivity index (χ0n) is 19.9. The van der Waals surface area contributed by atoms with Crippen LogP contribution < -0.4 is 16.2 Å². The van der Waals surface area contributed by atoms with Crippen molar-refractivity contribution >= 4 is 17.7 Å². The predicted molar refractivity (Wildman–Crippen MR) is 137 cm³/mol. The summed E-state index contributed by atoms with van der Waals surface area (Å²) in [4.78, 5) is 37.3. The number of amides is 3. The number of nitrogens with one attached hydrogen (secondary N) is 3. The van der Waals surface area contributed by atoms with Crippen molar-refractivity contribution < 1.29 is 14.4 Å². The standard InChI is InChI=1S/C28H27N5O3/c1-20-12-14-21(15-13-20)16-17-25(34)29-18-26(35)30-31-28(36)24-19-33(23-10-6-3-7-11-23)32-27(24)22-8-4-2-5-9-22/h2-15,19H,16-18H2,1H3,(H,29,34)(H,30,35)(H,31,36). The molecule has 182 valence electrons. The molecular weight excluding hydrogens is 454 g/mol. The average Bonchev–Trinajstić information content (AvgIpc) is 3.37. The van der Waals surface area contributed by atoms with Gasteiger partial charge in [0.1, 0.15) is 5.69 Å². The molecule has 0 aliphatic carbocycles. The maximum atomic E-state index is 12.9. The van der Waals surface area contributed by atoms with Gasteiger partial charge < -0.3 is 5.32 Å². The first kappa shape index (κ1) is 24.4. The van der Waals surface area contributed by atoms with Crippen LogP contribution in [0.2, 0.25) is 0 Å². The van der Waals surface area contributed by atoms with Crippen molar-refractivity contribution in [2.45, 2.75) is 19.8 Å². The zero-order chi connectivity index (χ0) is 25.3. The van der Waals surface area contributed by atoms with E-state index in [-0.39, 0.29) is 18.9 Å². The fourth-order valence-electron chi connectivity index (χ4n) is 3.58. The van der Waals surface area contributed by atoms with Crippen LogP contribution in [0.25, 0.3) is 16.9 Å². The highest BCUT2D eigenvalue weighted by Crippen LogP contribution is 2.23. The van der Waals surface area contributed by atoms with Crippen molar-refractivity contribution in [3.05, 3.63) is 108 Å². The number of aromatic nitrogens is 2. The van der Waals surface area contributed by atoms with Crippen LogP contribution in [-0.4, -0.2) is 34.0 Å². The summed E-state index contributed by atoms with van der Waals surface area (Å²) in [5.41, 5.74) is 9.33. The Morgan fingerprint density at radius 1 is 0.806 bits per heavy atom. The summed E-state index contributed by atoms with van der Waals surface area (Å²) in [5.74, 6) is -1.30. The SMILES string of the molecule is Cc1ccc(CCC(=O)NCC(=O)NNC(=O)c2cn(-c3ccccc3)nc2-c2ccccc2)cc1. The van der Waals surface area contributed by atoms with E-state index >= 15 is 0 Å². The minimum atomic E-state index is -0.538. The van der Waals surface area contributed by atoms with E-state index in [1.54, 1.807) is 10.9 Å². The van der Waals surface area contributed by atoms with Crippen LogP contribution in [0.4, 0.5) is 0 Å². The van der Waals surface area contributed by atoms with Gasteiger partial charge >= 0.3 is 0 Å². The van der Waals surface area contributed by atoms with E-state index in [0.29, 0.717) is 17.7 Å². The molecule has 0 bridgehead atoms. The lowest BCUT2D eigenvalue weighted by atomic mass is 10.1. The topological polar surface area (TPSA) is 105 Å². The summed E-state index contributed by atoms with van der Waals surface area (Å²) in [5, 5.41) is 7.17. The van der Waals surface area contributed by atoms with E-state index < -0.39 is 11.8 Å². The molecule has 3 N–H and O–H groups in total. The van der Waals surface area contributed by atoms with Crippen molar-refractivity contribution in [2.24, 2.45) is 0 Å². The van der Waals surface area contributed by atoms with Crippen LogP contribution in [0.1, 0.15) is 27.9 Å². The molecule has 8 nitrogen and oxygen atoms in total. The Hall–Kier alpha value is -4.72. The van der Waals surface area contributed by atoms with E-state index in [4.69, 9.17) is 0 Å². The number of hydrogen-bond donors (Lipinski definition) is 3. The number of benzene rings is 3. The van der Waals surface area contributed by atoms with Gasteiger partial charge in [-0.05, 0) is 31.0 Å². The summed E-state index contributed by atoms with van der Waals surface area (Å²) in [7, 11) is 0. The lowest BCUT2D eigenvalue weighted by Crippen LogP contribution is -2.46. The summed E-state index contributed by atoms with van der Waals surface area (Å²) in [6, 6.07) is 26.7. The van der Waals surface area contributed by atoms with E-state index in [1.165, 1.54) is 0 Å². The molecule has 3 amide bonds. The maximum Gasteiger partial charge on any atom is 0.273 e.